The molecule has 0 atom stereocenters. The highest BCUT2D eigenvalue weighted by molar-refractivity contribution is 7.14. The number of halogens is 1. The van der Waals surface area contributed by atoms with Crippen LogP contribution < -0.4 is 20.1 Å². The van der Waals surface area contributed by atoms with E-state index in [1.165, 1.54) is 18.4 Å². The molecule has 1 heterocycles. The van der Waals surface area contributed by atoms with Gasteiger partial charge in [-0.3, -0.25) is 14.9 Å². The molecule has 7 nitrogen and oxygen atoms in total. The van der Waals surface area contributed by atoms with E-state index in [9.17, 15) is 9.59 Å². The number of anilines is 2. The predicted molar refractivity (Wildman–Crippen MR) is 113 cm³/mol. The molecule has 29 heavy (non-hydrogen) atoms. The average molecular weight is 432 g/mol. The molecular weight excluding hydrogens is 414 g/mol. The zero-order valence-electron chi connectivity index (χ0n) is 15.7. The Bertz CT molecular complexity index is 1020. The van der Waals surface area contributed by atoms with Crippen LogP contribution in [0.5, 0.6) is 11.5 Å². The molecule has 3 aromatic rings. The molecule has 2 amide bonds. The normalized spacial score (nSPS) is 10.3. The number of carbonyl (C=O) groups is 2. The van der Waals surface area contributed by atoms with E-state index in [2.05, 4.69) is 15.6 Å². The molecular formula is C20H18ClN3O4S. The van der Waals surface area contributed by atoms with E-state index in [1.54, 1.807) is 55.0 Å². The van der Waals surface area contributed by atoms with Gasteiger partial charge in [0.15, 0.2) is 16.6 Å². The Hall–Kier alpha value is -3.10. The molecule has 0 aliphatic heterocycles. The van der Waals surface area contributed by atoms with Gasteiger partial charge in [-0.2, -0.15) is 0 Å². The first kappa shape index (κ1) is 20.6. The summed E-state index contributed by atoms with van der Waals surface area (Å²) in [7, 11) is 3.07. The summed E-state index contributed by atoms with van der Waals surface area (Å²) in [4.78, 5) is 28.8. The SMILES string of the molecule is COc1ccc(NC(=O)Cc2csc(NC(=O)c3ccc(Cl)cc3)n2)cc1OC. The molecule has 0 radical (unpaired) electrons. The Balaban J connectivity index is 1.59. The molecule has 0 fully saturated rings. The quantitative estimate of drug-likeness (QED) is 0.583. The highest BCUT2D eigenvalue weighted by atomic mass is 35.5. The minimum Gasteiger partial charge on any atom is -0.493 e. The van der Waals surface area contributed by atoms with Crippen LogP contribution in [-0.4, -0.2) is 31.0 Å². The molecule has 0 aliphatic carbocycles. The van der Waals surface area contributed by atoms with Crippen molar-refractivity contribution in [1.29, 1.82) is 0 Å². The number of benzene rings is 2. The number of rotatable bonds is 7. The Kier molecular flexibility index (Phi) is 6.69. The van der Waals surface area contributed by atoms with Crippen LogP contribution in [0.25, 0.3) is 0 Å². The maximum Gasteiger partial charge on any atom is 0.257 e. The summed E-state index contributed by atoms with van der Waals surface area (Å²) in [6, 6.07) is 11.6. The van der Waals surface area contributed by atoms with Crippen molar-refractivity contribution in [2.75, 3.05) is 24.9 Å². The highest BCUT2D eigenvalue weighted by Crippen LogP contribution is 2.29. The molecule has 0 bridgehead atoms. The van der Waals surface area contributed by atoms with E-state index >= 15 is 0 Å². The van der Waals surface area contributed by atoms with Crippen molar-refractivity contribution in [1.82, 2.24) is 4.98 Å². The van der Waals surface area contributed by atoms with E-state index in [0.29, 0.717) is 38.6 Å². The van der Waals surface area contributed by atoms with Gasteiger partial charge in [-0.15, -0.1) is 11.3 Å². The molecule has 2 N–H and O–H groups in total. The molecule has 0 saturated carbocycles. The number of nitrogens with one attached hydrogen (secondary N) is 2. The Labute approximate surface area is 176 Å². The van der Waals surface area contributed by atoms with Gasteiger partial charge in [0.1, 0.15) is 0 Å². The number of hydrogen-bond donors (Lipinski definition) is 2. The van der Waals surface area contributed by atoms with Crippen LogP contribution >= 0.6 is 22.9 Å². The molecule has 0 spiro atoms. The van der Waals surface area contributed by atoms with Gasteiger partial charge in [0, 0.05) is 27.7 Å². The van der Waals surface area contributed by atoms with E-state index in [-0.39, 0.29) is 18.2 Å². The summed E-state index contributed by atoms with van der Waals surface area (Å²) >= 11 is 7.07. The lowest BCUT2D eigenvalue weighted by atomic mass is 10.2. The van der Waals surface area contributed by atoms with E-state index < -0.39 is 0 Å². The fourth-order valence-corrected chi connectivity index (χ4v) is 3.33. The fourth-order valence-electron chi connectivity index (χ4n) is 2.50. The van der Waals surface area contributed by atoms with Crippen LogP contribution in [0.2, 0.25) is 5.02 Å². The second kappa shape index (κ2) is 9.40. The molecule has 0 saturated heterocycles. The number of thiazole rings is 1. The minimum atomic E-state index is -0.294. The predicted octanol–water partition coefficient (Wildman–Crippen LogP) is 4.25. The number of aromatic nitrogens is 1. The molecule has 3 rings (SSSR count). The zero-order chi connectivity index (χ0) is 20.8. The highest BCUT2D eigenvalue weighted by Gasteiger charge is 2.12. The van der Waals surface area contributed by atoms with Gasteiger partial charge in [0.05, 0.1) is 26.3 Å². The lowest BCUT2D eigenvalue weighted by Crippen LogP contribution is -2.15. The summed E-state index contributed by atoms with van der Waals surface area (Å²) in [5, 5.41) is 8.20. The van der Waals surface area contributed by atoms with Gasteiger partial charge in [-0.05, 0) is 36.4 Å². The second-order valence-electron chi connectivity index (χ2n) is 5.90. The van der Waals surface area contributed by atoms with Crippen molar-refractivity contribution in [2.24, 2.45) is 0 Å². The van der Waals surface area contributed by atoms with Crippen LogP contribution in [0.1, 0.15) is 16.1 Å². The summed E-state index contributed by atoms with van der Waals surface area (Å²) in [5.41, 5.74) is 1.61. The first-order chi connectivity index (χ1) is 14.0. The topological polar surface area (TPSA) is 89.6 Å². The fraction of sp³-hybridized carbons (Fsp3) is 0.150. The number of nitrogens with zero attached hydrogens (tertiary/aromatic N) is 1. The molecule has 0 unspecified atom stereocenters. The van der Waals surface area contributed by atoms with Gasteiger partial charge < -0.3 is 14.8 Å². The minimum absolute atomic E-state index is 0.0711. The summed E-state index contributed by atoms with van der Waals surface area (Å²) in [6.45, 7) is 0. The van der Waals surface area contributed by atoms with Crippen LogP contribution in [0.4, 0.5) is 10.8 Å². The van der Waals surface area contributed by atoms with Crippen molar-refractivity contribution >= 4 is 45.6 Å². The summed E-state index contributed by atoms with van der Waals surface area (Å²) < 4.78 is 10.4. The summed E-state index contributed by atoms with van der Waals surface area (Å²) in [6.07, 6.45) is 0.0711. The third-order valence-corrected chi connectivity index (χ3v) is 4.95. The van der Waals surface area contributed by atoms with Crippen molar-refractivity contribution in [3.05, 3.63) is 64.1 Å². The monoisotopic (exact) mass is 431 g/mol. The third-order valence-electron chi connectivity index (χ3n) is 3.89. The van der Waals surface area contributed by atoms with Crippen molar-refractivity contribution in [3.8, 4) is 11.5 Å². The van der Waals surface area contributed by atoms with Gasteiger partial charge in [0.2, 0.25) is 5.91 Å². The van der Waals surface area contributed by atoms with Crippen molar-refractivity contribution in [2.45, 2.75) is 6.42 Å². The average Bonchev–Trinajstić information content (AvgIpc) is 3.14. The molecule has 1 aromatic heterocycles. The van der Waals surface area contributed by atoms with Gasteiger partial charge in [-0.25, -0.2) is 4.98 Å². The smallest absolute Gasteiger partial charge is 0.257 e. The first-order valence-electron chi connectivity index (χ1n) is 8.51. The van der Waals surface area contributed by atoms with Gasteiger partial charge in [0.25, 0.3) is 5.91 Å². The lowest BCUT2D eigenvalue weighted by Gasteiger charge is -2.10. The van der Waals surface area contributed by atoms with Crippen molar-refractivity contribution < 1.29 is 19.1 Å². The standard InChI is InChI=1S/C20H18ClN3O4S/c1-27-16-8-7-14(9-17(16)28-2)22-18(25)10-15-11-29-20(23-15)24-19(26)12-3-5-13(21)6-4-12/h3-9,11H,10H2,1-2H3,(H,22,25)(H,23,24,26). The second-order valence-corrected chi connectivity index (χ2v) is 7.19. The maximum atomic E-state index is 12.3. The summed E-state index contributed by atoms with van der Waals surface area (Å²) in [5.74, 6) is 0.563. The Morgan fingerprint density at radius 3 is 2.45 bits per heavy atom. The number of ether oxygens (including phenoxy) is 2. The largest absolute Gasteiger partial charge is 0.493 e. The Morgan fingerprint density at radius 2 is 1.76 bits per heavy atom. The lowest BCUT2D eigenvalue weighted by molar-refractivity contribution is -0.115. The number of methoxy groups -OCH3 is 2. The van der Waals surface area contributed by atoms with Crippen molar-refractivity contribution in [3.63, 3.8) is 0 Å². The number of carbonyl (C=O) groups excluding carboxylic acids is 2. The molecule has 0 aliphatic rings. The van der Waals surface area contributed by atoms with Crippen LogP contribution in [0.3, 0.4) is 0 Å². The van der Waals surface area contributed by atoms with E-state index in [4.69, 9.17) is 21.1 Å². The van der Waals surface area contributed by atoms with E-state index in [0.717, 1.165) is 0 Å². The Morgan fingerprint density at radius 1 is 1.03 bits per heavy atom. The maximum absolute atomic E-state index is 12.3. The van der Waals surface area contributed by atoms with E-state index in [1.807, 2.05) is 0 Å². The number of amides is 2. The van der Waals surface area contributed by atoms with Gasteiger partial charge in [-0.1, -0.05) is 11.6 Å². The number of hydrogen-bond acceptors (Lipinski definition) is 6. The molecule has 9 heteroatoms. The molecule has 2 aromatic carbocycles. The third kappa shape index (κ3) is 5.46. The van der Waals surface area contributed by atoms with Crippen LogP contribution in [0.15, 0.2) is 47.8 Å². The van der Waals surface area contributed by atoms with Crippen LogP contribution in [0, 0.1) is 0 Å². The first-order valence-corrected chi connectivity index (χ1v) is 9.77. The van der Waals surface area contributed by atoms with Crippen LogP contribution in [-0.2, 0) is 11.2 Å². The zero-order valence-corrected chi connectivity index (χ0v) is 17.3. The molecule has 150 valence electrons. The van der Waals surface area contributed by atoms with Gasteiger partial charge >= 0.3 is 0 Å².